The van der Waals surface area contributed by atoms with Gasteiger partial charge in [0.15, 0.2) is 17.3 Å². The van der Waals surface area contributed by atoms with Gasteiger partial charge in [-0.1, -0.05) is 33.5 Å². The maximum Gasteiger partial charge on any atom is 0.293 e. The molecule has 0 atom stereocenters. The van der Waals surface area contributed by atoms with Crippen LogP contribution in [0.15, 0.2) is 45.8 Å². The van der Waals surface area contributed by atoms with Gasteiger partial charge in [-0.2, -0.15) is 0 Å². The van der Waals surface area contributed by atoms with Crippen LogP contribution in [-0.2, 0) is 4.79 Å². The number of thioether (sulfide) groups is 1. The second kappa shape index (κ2) is 10.1. The first kappa shape index (κ1) is 22.9. The van der Waals surface area contributed by atoms with Crippen molar-refractivity contribution in [2.45, 2.75) is 0 Å². The number of carbonyl (C=O) groups excluding carboxylic acids is 3. The van der Waals surface area contributed by atoms with E-state index in [0.29, 0.717) is 32.1 Å². The zero-order chi connectivity index (χ0) is 22.5. The van der Waals surface area contributed by atoms with Crippen molar-refractivity contribution in [3.63, 3.8) is 0 Å². The molecule has 158 valence electrons. The first-order valence-electron chi connectivity index (χ1n) is 8.82. The predicted molar refractivity (Wildman–Crippen MR) is 123 cm³/mol. The number of rotatable bonds is 7. The number of ether oxygens (including phenoxy) is 2. The van der Waals surface area contributed by atoms with E-state index in [1.165, 1.54) is 13.2 Å². The lowest BCUT2D eigenvalue weighted by Crippen LogP contribution is -2.33. The average molecular weight is 521 g/mol. The molecule has 0 N–H and O–H groups in total. The minimum Gasteiger partial charge on any atom is -0.493 e. The fourth-order valence-electron chi connectivity index (χ4n) is 2.76. The van der Waals surface area contributed by atoms with Gasteiger partial charge < -0.3 is 9.47 Å². The van der Waals surface area contributed by atoms with Gasteiger partial charge in [-0.3, -0.25) is 19.3 Å². The Morgan fingerprint density at radius 3 is 2.65 bits per heavy atom. The lowest BCUT2D eigenvalue weighted by Gasteiger charge is -2.13. The first-order chi connectivity index (χ1) is 14.8. The number of amides is 2. The smallest absolute Gasteiger partial charge is 0.293 e. The number of hydrogen-bond acceptors (Lipinski definition) is 6. The summed E-state index contributed by atoms with van der Waals surface area (Å²) in [6, 6.07) is 9.63. The number of methoxy groups -OCH3 is 1. The number of nitrogens with zero attached hydrogens (tertiary/aromatic N) is 1. The molecule has 2 amide bonds. The molecule has 2 aromatic rings. The van der Waals surface area contributed by atoms with Crippen LogP contribution in [0.4, 0.5) is 4.79 Å². The van der Waals surface area contributed by atoms with Crippen molar-refractivity contribution in [2.24, 2.45) is 0 Å². The quantitative estimate of drug-likeness (QED) is 0.289. The molecule has 1 aliphatic rings. The van der Waals surface area contributed by atoms with Gasteiger partial charge in [0.1, 0.15) is 6.61 Å². The molecule has 6 nitrogen and oxygen atoms in total. The van der Waals surface area contributed by atoms with Crippen molar-refractivity contribution in [1.82, 2.24) is 4.90 Å². The Morgan fingerprint density at radius 2 is 2.00 bits per heavy atom. The summed E-state index contributed by atoms with van der Waals surface area (Å²) in [6.07, 6.45) is 6.79. The van der Waals surface area contributed by atoms with Gasteiger partial charge in [-0.25, -0.2) is 0 Å². The molecule has 0 unspecified atom stereocenters. The molecule has 0 bridgehead atoms. The molecule has 2 aromatic carbocycles. The van der Waals surface area contributed by atoms with E-state index in [9.17, 15) is 14.4 Å². The summed E-state index contributed by atoms with van der Waals surface area (Å²) < 4.78 is 11.6. The fourth-order valence-corrected chi connectivity index (χ4v) is 4.17. The molecule has 9 heteroatoms. The Labute approximate surface area is 196 Å². The molecule has 0 radical (unpaired) electrons. The highest BCUT2D eigenvalue weighted by molar-refractivity contribution is 9.10. The van der Waals surface area contributed by atoms with Crippen molar-refractivity contribution in [3.05, 3.63) is 61.9 Å². The molecule has 0 aliphatic carbocycles. The molecule has 31 heavy (non-hydrogen) atoms. The van der Waals surface area contributed by atoms with Crippen LogP contribution >= 0.6 is 39.3 Å². The molecule has 0 saturated carbocycles. The third-order valence-electron chi connectivity index (χ3n) is 4.20. The van der Waals surface area contributed by atoms with Crippen LogP contribution < -0.4 is 9.47 Å². The molecule has 1 aliphatic heterocycles. The Hall–Kier alpha value is -2.73. The van der Waals surface area contributed by atoms with E-state index in [0.717, 1.165) is 16.7 Å². The van der Waals surface area contributed by atoms with Gasteiger partial charge >= 0.3 is 0 Å². The van der Waals surface area contributed by atoms with Crippen molar-refractivity contribution in [2.75, 3.05) is 20.3 Å². The van der Waals surface area contributed by atoms with Crippen LogP contribution in [0.25, 0.3) is 6.08 Å². The SMILES string of the molecule is C#CCOc1c(/C=C2/SC(=O)N(CC(=O)c3ccc(Cl)cc3)C2=O)cc(Br)cc1OC. The number of benzene rings is 2. The van der Waals surface area contributed by atoms with Crippen molar-refractivity contribution < 1.29 is 23.9 Å². The zero-order valence-electron chi connectivity index (χ0n) is 16.2. The normalized spacial score (nSPS) is 14.6. The molecule has 3 rings (SSSR count). The van der Waals surface area contributed by atoms with Gasteiger partial charge in [-0.05, 0) is 54.2 Å². The summed E-state index contributed by atoms with van der Waals surface area (Å²) in [5.74, 6) is 2.18. The fraction of sp³-hybridized carbons (Fsp3) is 0.136. The number of Topliss-reactive ketones (excluding diaryl/α,β-unsaturated/α-hetero) is 1. The van der Waals surface area contributed by atoms with E-state index in [1.54, 1.807) is 36.4 Å². The molecule has 0 aromatic heterocycles. The molecular formula is C22H15BrClNO5S. The van der Waals surface area contributed by atoms with Crippen molar-refractivity contribution in [1.29, 1.82) is 0 Å². The molecule has 1 saturated heterocycles. The van der Waals surface area contributed by atoms with E-state index in [-0.39, 0.29) is 23.8 Å². The minimum absolute atomic E-state index is 0.00406. The van der Waals surface area contributed by atoms with Crippen LogP contribution in [0.5, 0.6) is 11.5 Å². The Morgan fingerprint density at radius 1 is 1.29 bits per heavy atom. The number of imide groups is 1. The van der Waals surface area contributed by atoms with Crippen LogP contribution in [0.1, 0.15) is 15.9 Å². The topological polar surface area (TPSA) is 72.9 Å². The van der Waals surface area contributed by atoms with E-state index in [2.05, 4.69) is 21.9 Å². The lowest BCUT2D eigenvalue weighted by molar-refractivity contribution is -0.122. The molecule has 0 spiro atoms. The zero-order valence-corrected chi connectivity index (χ0v) is 19.3. The van der Waals surface area contributed by atoms with Crippen LogP contribution in [0.2, 0.25) is 5.02 Å². The molecular weight excluding hydrogens is 506 g/mol. The van der Waals surface area contributed by atoms with Gasteiger partial charge in [0.2, 0.25) is 0 Å². The lowest BCUT2D eigenvalue weighted by atomic mass is 10.1. The molecule has 1 fully saturated rings. The summed E-state index contributed by atoms with van der Waals surface area (Å²) in [5, 5.41) is -0.0513. The van der Waals surface area contributed by atoms with Crippen molar-refractivity contribution >= 4 is 62.3 Å². The Kier molecular flexibility index (Phi) is 7.44. The van der Waals surface area contributed by atoms with Gasteiger partial charge in [-0.15, -0.1) is 6.42 Å². The average Bonchev–Trinajstić information content (AvgIpc) is 3.00. The second-order valence-electron chi connectivity index (χ2n) is 6.22. The number of halogens is 2. The third-order valence-corrected chi connectivity index (χ3v) is 5.81. The van der Waals surface area contributed by atoms with E-state index >= 15 is 0 Å². The van der Waals surface area contributed by atoms with Gasteiger partial charge in [0.25, 0.3) is 11.1 Å². The highest BCUT2D eigenvalue weighted by Gasteiger charge is 2.36. The second-order valence-corrected chi connectivity index (χ2v) is 8.56. The van der Waals surface area contributed by atoms with Crippen molar-refractivity contribution in [3.8, 4) is 23.8 Å². The Balaban J connectivity index is 1.88. The summed E-state index contributed by atoms with van der Waals surface area (Å²) in [6.45, 7) is -0.373. The van der Waals surface area contributed by atoms with Gasteiger partial charge in [0, 0.05) is 20.6 Å². The van der Waals surface area contributed by atoms with Crippen LogP contribution in [-0.4, -0.2) is 42.1 Å². The minimum atomic E-state index is -0.570. The summed E-state index contributed by atoms with van der Waals surface area (Å²) in [7, 11) is 1.48. The number of ketones is 1. The number of hydrogen-bond donors (Lipinski definition) is 0. The predicted octanol–water partition coefficient (Wildman–Crippen LogP) is 5.04. The van der Waals surface area contributed by atoms with Crippen LogP contribution in [0, 0.1) is 12.3 Å². The monoisotopic (exact) mass is 519 g/mol. The highest BCUT2D eigenvalue weighted by atomic mass is 79.9. The summed E-state index contributed by atoms with van der Waals surface area (Å²) in [5.41, 5.74) is 0.852. The third kappa shape index (κ3) is 5.31. The van der Waals surface area contributed by atoms with E-state index in [4.69, 9.17) is 27.5 Å². The van der Waals surface area contributed by atoms with E-state index in [1.807, 2.05) is 0 Å². The summed E-state index contributed by atoms with van der Waals surface area (Å²) >= 11 is 9.95. The Bertz CT molecular complexity index is 1120. The molecule has 1 heterocycles. The number of terminal acetylenes is 1. The standard InChI is InChI=1S/C22H15BrClNO5S/c1-3-8-30-20-14(9-15(23)11-18(20)29-2)10-19-21(27)25(22(28)31-19)12-17(26)13-4-6-16(24)7-5-13/h1,4-7,9-11H,8,12H2,2H3/b19-10+. The van der Waals surface area contributed by atoms with Crippen LogP contribution in [0.3, 0.4) is 0 Å². The first-order valence-corrected chi connectivity index (χ1v) is 10.8. The van der Waals surface area contributed by atoms with Gasteiger partial charge in [0.05, 0.1) is 18.6 Å². The van der Waals surface area contributed by atoms with E-state index < -0.39 is 11.1 Å². The maximum atomic E-state index is 12.8. The summed E-state index contributed by atoms with van der Waals surface area (Å²) in [4.78, 5) is 38.8. The maximum absolute atomic E-state index is 12.8. The number of carbonyl (C=O) groups is 3. The highest BCUT2D eigenvalue weighted by Crippen LogP contribution is 2.39. The largest absolute Gasteiger partial charge is 0.493 e.